The molecule has 1 nitrogen and oxygen atoms in total. The van der Waals surface area contributed by atoms with Crippen molar-refractivity contribution in [3.8, 4) is 0 Å². The fourth-order valence-electron chi connectivity index (χ4n) is 2.81. The molecule has 0 spiro atoms. The number of carbonyl (C=O) groups excluding carboxylic acids is 1. The van der Waals surface area contributed by atoms with Crippen molar-refractivity contribution in [1.82, 2.24) is 0 Å². The van der Waals surface area contributed by atoms with Gasteiger partial charge in [0.05, 0.1) is 0 Å². The van der Waals surface area contributed by atoms with Crippen LogP contribution in [0.1, 0.15) is 19.3 Å². The lowest BCUT2D eigenvalue weighted by Crippen LogP contribution is -2.14. The minimum Gasteiger partial charge on any atom is -0.289 e. The molecule has 0 atom stereocenters. The van der Waals surface area contributed by atoms with E-state index in [2.05, 4.69) is 36.5 Å². The number of Topliss-reactive ketones (excluding diaryl/α,β-unsaturated/α-hetero) is 1. The van der Waals surface area contributed by atoms with Crippen LogP contribution in [-0.2, 0) is 4.79 Å². The van der Waals surface area contributed by atoms with Crippen LogP contribution in [0.4, 0.5) is 0 Å². The maximum Gasteiger partial charge on any atom is 0.184 e. The van der Waals surface area contributed by atoms with E-state index in [1.165, 1.54) is 0 Å². The van der Waals surface area contributed by atoms with Gasteiger partial charge in [0.15, 0.2) is 5.78 Å². The number of allylic oxidation sites excluding steroid dienone is 12. The fraction of sp³-hybridized carbons (Fsp3) is 0.278. The Labute approximate surface area is 114 Å². The summed E-state index contributed by atoms with van der Waals surface area (Å²) in [5.74, 6) is 0.878. The topological polar surface area (TPSA) is 17.1 Å². The third kappa shape index (κ3) is 2.76. The number of carbonyl (C=O) groups is 1. The van der Waals surface area contributed by atoms with Crippen molar-refractivity contribution in [2.24, 2.45) is 11.8 Å². The lowest BCUT2D eigenvalue weighted by molar-refractivity contribution is -0.113. The monoisotopic (exact) mass is 250 g/mol. The van der Waals surface area contributed by atoms with E-state index < -0.39 is 0 Å². The summed E-state index contributed by atoms with van der Waals surface area (Å²) in [6.45, 7) is 0. The van der Waals surface area contributed by atoms with Gasteiger partial charge < -0.3 is 0 Å². The molecule has 1 fully saturated rings. The standard InChI is InChI=1S/C18H18O/c19-18-16(12-14-6-1-2-7-14)10-5-11-17(18)13-15-8-3-4-9-15/h1-4,6-9,12-15H,5,10-11H2/b16-12+,17-13+. The van der Waals surface area contributed by atoms with Crippen LogP contribution in [-0.4, -0.2) is 5.78 Å². The highest BCUT2D eigenvalue weighted by molar-refractivity contribution is 6.09. The molecular formula is C18H18O. The summed E-state index contributed by atoms with van der Waals surface area (Å²) in [6, 6.07) is 0. The summed E-state index contributed by atoms with van der Waals surface area (Å²) in [7, 11) is 0. The van der Waals surface area contributed by atoms with E-state index in [1.54, 1.807) is 0 Å². The van der Waals surface area contributed by atoms with Crippen LogP contribution < -0.4 is 0 Å². The van der Waals surface area contributed by atoms with Gasteiger partial charge in [0, 0.05) is 11.8 Å². The Morgan fingerprint density at radius 1 is 0.789 bits per heavy atom. The van der Waals surface area contributed by atoms with Gasteiger partial charge in [0.25, 0.3) is 0 Å². The van der Waals surface area contributed by atoms with Crippen LogP contribution in [0.5, 0.6) is 0 Å². The molecule has 96 valence electrons. The van der Waals surface area contributed by atoms with Gasteiger partial charge in [0.2, 0.25) is 0 Å². The number of hydrogen-bond acceptors (Lipinski definition) is 1. The first-order chi connectivity index (χ1) is 9.33. The molecule has 0 aromatic heterocycles. The second-order valence-corrected chi connectivity index (χ2v) is 5.26. The zero-order valence-corrected chi connectivity index (χ0v) is 11.0. The summed E-state index contributed by atoms with van der Waals surface area (Å²) in [4.78, 5) is 12.5. The Morgan fingerprint density at radius 3 is 1.63 bits per heavy atom. The minimum absolute atomic E-state index is 0.258. The van der Waals surface area contributed by atoms with Crippen LogP contribution >= 0.6 is 0 Å². The Balaban J connectivity index is 1.79. The summed E-state index contributed by atoms with van der Waals surface area (Å²) >= 11 is 0. The highest BCUT2D eigenvalue weighted by Gasteiger charge is 2.21. The second kappa shape index (κ2) is 5.40. The van der Waals surface area contributed by atoms with Crippen LogP contribution in [0, 0.1) is 11.8 Å². The third-order valence-corrected chi connectivity index (χ3v) is 3.82. The number of hydrogen-bond donors (Lipinski definition) is 0. The van der Waals surface area contributed by atoms with E-state index in [4.69, 9.17) is 0 Å². The van der Waals surface area contributed by atoms with Crippen molar-refractivity contribution >= 4 is 5.78 Å². The third-order valence-electron chi connectivity index (χ3n) is 3.82. The first-order valence-electron chi connectivity index (χ1n) is 6.99. The van der Waals surface area contributed by atoms with Crippen LogP contribution in [0.15, 0.2) is 71.9 Å². The average molecular weight is 250 g/mol. The largest absolute Gasteiger partial charge is 0.289 e. The van der Waals surface area contributed by atoms with Gasteiger partial charge in [-0.3, -0.25) is 4.79 Å². The van der Waals surface area contributed by atoms with E-state index in [0.717, 1.165) is 30.4 Å². The molecule has 0 heterocycles. The Hall–Kier alpha value is -1.89. The van der Waals surface area contributed by atoms with Crippen molar-refractivity contribution in [2.75, 3.05) is 0 Å². The van der Waals surface area contributed by atoms with E-state index in [0.29, 0.717) is 11.8 Å². The van der Waals surface area contributed by atoms with E-state index in [1.807, 2.05) is 24.3 Å². The predicted octanol–water partition coefficient (Wildman–Crippen LogP) is 4.08. The fourth-order valence-corrected chi connectivity index (χ4v) is 2.81. The molecule has 0 unspecified atom stereocenters. The maximum atomic E-state index is 12.5. The molecule has 0 aromatic rings. The summed E-state index contributed by atoms with van der Waals surface area (Å²) in [5, 5.41) is 0. The van der Waals surface area contributed by atoms with Crippen LogP contribution in [0.25, 0.3) is 0 Å². The molecule has 1 saturated carbocycles. The normalized spacial score (nSPS) is 27.5. The molecule has 0 amide bonds. The lowest BCUT2D eigenvalue weighted by atomic mass is 9.85. The maximum absolute atomic E-state index is 12.5. The molecule has 3 aliphatic carbocycles. The van der Waals surface area contributed by atoms with Gasteiger partial charge in [-0.25, -0.2) is 0 Å². The van der Waals surface area contributed by atoms with E-state index in [9.17, 15) is 4.79 Å². The zero-order valence-electron chi connectivity index (χ0n) is 11.0. The van der Waals surface area contributed by atoms with E-state index >= 15 is 0 Å². The van der Waals surface area contributed by atoms with E-state index in [-0.39, 0.29) is 5.78 Å². The zero-order chi connectivity index (χ0) is 13.1. The van der Waals surface area contributed by atoms with Crippen molar-refractivity contribution in [3.63, 3.8) is 0 Å². The molecule has 0 saturated heterocycles. The van der Waals surface area contributed by atoms with Crippen molar-refractivity contribution in [2.45, 2.75) is 19.3 Å². The van der Waals surface area contributed by atoms with Crippen LogP contribution in [0.3, 0.4) is 0 Å². The van der Waals surface area contributed by atoms with Gasteiger partial charge in [-0.05, 0) is 30.4 Å². The smallest absolute Gasteiger partial charge is 0.184 e. The molecule has 3 aliphatic rings. The van der Waals surface area contributed by atoms with Gasteiger partial charge >= 0.3 is 0 Å². The minimum atomic E-state index is 0.258. The number of rotatable bonds is 2. The van der Waals surface area contributed by atoms with Gasteiger partial charge in [0.1, 0.15) is 0 Å². The first-order valence-corrected chi connectivity index (χ1v) is 6.99. The highest BCUT2D eigenvalue weighted by atomic mass is 16.1. The molecule has 1 heteroatoms. The quantitative estimate of drug-likeness (QED) is 0.675. The number of ketones is 1. The SMILES string of the molecule is O=C1/C(=C/C2C=CC=C2)CCC/C1=C\C1C=CC=C1. The Morgan fingerprint density at radius 2 is 1.21 bits per heavy atom. The molecule has 3 rings (SSSR count). The summed E-state index contributed by atoms with van der Waals surface area (Å²) in [5.41, 5.74) is 1.98. The second-order valence-electron chi connectivity index (χ2n) is 5.26. The van der Waals surface area contributed by atoms with Crippen molar-refractivity contribution < 1.29 is 4.79 Å². The van der Waals surface area contributed by atoms with Crippen molar-refractivity contribution in [3.05, 3.63) is 71.9 Å². The summed E-state index contributed by atoms with van der Waals surface area (Å²) < 4.78 is 0. The Bertz CT molecular complexity index is 480. The molecule has 0 radical (unpaired) electrons. The molecule has 19 heavy (non-hydrogen) atoms. The molecule has 0 N–H and O–H groups in total. The average Bonchev–Trinajstić information content (AvgIpc) is 3.07. The van der Waals surface area contributed by atoms with Crippen LogP contribution in [0.2, 0.25) is 0 Å². The predicted molar refractivity (Wildman–Crippen MR) is 78.6 cm³/mol. The molecule has 0 aromatic carbocycles. The molecule has 0 bridgehead atoms. The van der Waals surface area contributed by atoms with Gasteiger partial charge in [-0.1, -0.05) is 60.8 Å². The Kier molecular flexibility index (Phi) is 3.45. The van der Waals surface area contributed by atoms with Gasteiger partial charge in [-0.2, -0.15) is 0 Å². The highest BCUT2D eigenvalue weighted by Crippen LogP contribution is 2.28. The molecular weight excluding hydrogens is 232 g/mol. The lowest BCUT2D eigenvalue weighted by Gasteiger charge is -2.18. The van der Waals surface area contributed by atoms with Gasteiger partial charge in [-0.15, -0.1) is 0 Å². The molecule has 0 aliphatic heterocycles. The first kappa shape index (κ1) is 12.2. The summed E-state index contributed by atoms with van der Waals surface area (Å²) in [6.07, 6.45) is 23.8. The van der Waals surface area contributed by atoms with Crippen molar-refractivity contribution in [1.29, 1.82) is 0 Å².